The molecule has 1 aliphatic carbocycles. The van der Waals surface area contributed by atoms with Crippen LogP contribution in [0.5, 0.6) is 0 Å². The summed E-state index contributed by atoms with van der Waals surface area (Å²) in [4.78, 5) is 3.32. The van der Waals surface area contributed by atoms with Gasteiger partial charge in [0.25, 0.3) is 0 Å². The number of rotatable bonds is 2. The fourth-order valence-corrected chi connectivity index (χ4v) is 2.47. The molecule has 1 aromatic rings. The fraction of sp³-hybridized carbons (Fsp3) is 0.636. The second-order valence-corrected chi connectivity index (χ2v) is 4.13. The van der Waals surface area contributed by atoms with Crippen LogP contribution in [0.25, 0.3) is 0 Å². The Morgan fingerprint density at radius 1 is 1.31 bits per heavy atom. The van der Waals surface area contributed by atoms with Gasteiger partial charge in [-0.15, -0.1) is 0 Å². The van der Waals surface area contributed by atoms with Gasteiger partial charge in [-0.3, -0.25) is 0 Å². The molecular weight excluding hydrogens is 160 g/mol. The van der Waals surface area contributed by atoms with E-state index in [1.165, 1.54) is 37.8 Å². The van der Waals surface area contributed by atoms with Crippen molar-refractivity contribution in [3.8, 4) is 0 Å². The maximum atomic E-state index is 5.91. The summed E-state index contributed by atoms with van der Waals surface area (Å²) in [5, 5.41) is 0. The van der Waals surface area contributed by atoms with Crippen molar-refractivity contribution < 1.29 is 0 Å². The van der Waals surface area contributed by atoms with Gasteiger partial charge in [0.2, 0.25) is 0 Å². The third-order valence-electron chi connectivity index (χ3n) is 3.37. The van der Waals surface area contributed by atoms with Gasteiger partial charge in [0, 0.05) is 23.9 Å². The third-order valence-corrected chi connectivity index (χ3v) is 3.37. The van der Waals surface area contributed by atoms with Crippen LogP contribution >= 0.6 is 0 Å². The molecule has 2 nitrogen and oxygen atoms in total. The standard InChI is InChI=1S/C11H18N2/c12-9-11(6-2-1-3-7-11)10-5-4-8-13-10/h4-5,8,13H,1-3,6-7,9,12H2. The average Bonchev–Trinajstić information content (AvgIpc) is 2.72. The highest BCUT2D eigenvalue weighted by molar-refractivity contribution is 5.19. The van der Waals surface area contributed by atoms with E-state index in [-0.39, 0.29) is 5.41 Å². The van der Waals surface area contributed by atoms with Crippen molar-refractivity contribution in [1.82, 2.24) is 4.98 Å². The lowest BCUT2D eigenvalue weighted by atomic mass is 9.72. The summed E-state index contributed by atoms with van der Waals surface area (Å²) < 4.78 is 0. The fourth-order valence-electron chi connectivity index (χ4n) is 2.47. The molecule has 0 atom stereocenters. The topological polar surface area (TPSA) is 41.8 Å². The molecule has 0 aromatic carbocycles. The van der Waals surface area contributed by atoms with Gasteiger partial charge in [-0.25, -0.2) is 0 Å². The van der Waals surface area contributed by atoms with E-state index < -0.39 is 0 Å². The Bertz CT molecular complexity index is 245. The second-order valence-electron chi connectivity index (χ2n) is 4.13. The highest BCUT2D eigenvalue weighted by Crippen LogP contribution is 2.37. The van der Waals surface area contributed by atoms with Crippen LogP contribution in [0.15, 0.2) is 18.3 Å². The molecule has 0 aliphatic heterocycles. The van der Waals surface area contributed by atoms with E-state index in [9.17, 15) is 0 Å². The Morgan fingerprint density at radius 3 is 2.62 bits per heavy atom. The summed E-state index contributed by atoms with van der Waals surface area (Å²) in [7, 11) is 0. The van der Waals surface area contributed by atoms with E-state index in [1.54, 1.807) is 0 Å². The zero-order chi connectivity index (χ0) is 9.15. The van der Waals surface area contributed by atoms with Crippen LogP contribution in [-0.2, 0) is 5.41 Å². The minimum atomic E-state index is 0.266. The van der Waals surface area contributed by atoms with Crippen LogP contribution in [0.3, 0.4) is 0 Å². The molecule has 0 saturated heterocycles. The summed E-state index contributed by atoms with van der Waals surface area (Å²) in [6.07, 6.45) is 8.55. The third kappa shape index (κ3) is 1.51. The van der Waals surface area contributed by atoms with Gasteiger partial charge >= 0.3 is 0 Å². The number of nitrogens with two attached hydrogens (primary N) is 1. The van der Waals surface area contributed by atoms with Crippen molar-refractivity contribution in [2.24, 2.45) is 5.73 Å². The number of aromatic nitrogens is 1. The summed E-state index contributed by atoms with van der Waals surface area (Å²) in [5.74, 6) is 0. The first-order chi connectivity index (χ1) is 6.37. The second kappa shape index (κ2) is 3.54. The zero-order valence-electron chi connectivity index (χ0n) is 8.05. The number of aromatic amines is 1. The minimum absolute atomic E-state index is 0.266. The molecule has 0 spiro atoms. The minimum Gasteiger partial charge on any atom is -0.364 e. The predicted octanol–water partition coefficient (Wildman–Crippen LogP) is 2.18. The molecule has 1 aliphatic rings. The van der Waals surface area contributed by atoms with Crippen molar-refractivity contribution in [3.63, 3.8) is 0 Å². The van der Waals surface area contributed by atoms with Crippen molar-refractivity contribution in [1.29, 1.82) is 0 Å². The number of nitrogens with one attached hydrogen (secondary N) is 1. The zero-order valence-corrected chi connectivity index (χ0v) is 8.05. The van der Waals surface area contributed by atoms with Crippen LogP contribution in [0.2, 0.25) is 0 Å². The number of H-pyrrole nitrogens is 1. The Kier molecular flexibility index (Phi) is 2.40. The van der Waals surface area contributed by atoms with Gasteiger partial charge in [0.05, 0.1) is 0 Å². The smallest absolute Gasteiger partial charge is 0.0226 e. The molecule has 1 saturated carbocycles. The Labute approximate surface area is 79.5 Å². The molecule has 2 heteroatoms. The molecule has 1 heterocycles. The van der Waals surface area contributed by atoms with Gasteiger partial charge in [0.15, 0.2) is 0 Å². The van der Waals surface area contributed by atoms with Crippen molar-refractivity contribution in [2.75, 3.05) is 6.54 Å². The predicted molar refractivity (Wildman–Crippen MR) is 54.6 cm³/mol. The maximum Gasteiger partial charge on any atom is 0.0226 e. The summed E-state index contributed by atoms with van der Waals surface area (Å²) in [6, 6.07) is 4.25. The van der Waals surface area contributed by atoms with E-state index in [0.29, 0.717) is 0 Å². The van der Waals surface area contributed by atoms with Gasteiger partial charge in [-0.2, -0.15) is 0 Å². The molecule has 0 radical (unpaired) electrons. The lowest BCUT2D eigenvalue weighted by Crippen LogP contribution is -2.37. The molecule has 0 bridgehead atoms. The van der Waals surface area contributed by atoms with Gasteiger partial charge in [-0.1, -0.05) is 19.3 Å². The molecule has 72 valence electrons. The Balaban J connectivity index is 2.23. The number of hydrogen-bond donors (Lipinski definition) is 2. The normalized spacial score (nSPS) is 21.6. The molecule has 3 N–H and O–H groups in total. The highest BCUT2D eigenvalue weighted by Gasteiger charge is 2.32. The first-order valence-electron chi connectivity index (χ1n) is 5.21. The van der Waals surface area contributed by atoms with Crippen LogP contribution in [0.4, 0.5) is 0 Å². The number of hydrogen-bond acceptors (Lipinski definition) is 1. The van der Waals surface area contributed by atoms with Gasteiger partial charge in [0.1, 0.15) is 0 Å². The highest BCUT2D eigenvalue weighted by atomic mass is 14.7. The first-order valence-corrected chi connectivity index (χ1v) is 5.21. The molecule has 1 fully saturated rings. The van der Waals surface area contributed by atoms with Gasteiger partial charge < -0.3 is 10.7 Å². The molecule has 13 heavy (non-hydrogen) atoms. The Hall–Kier alpha value is -0.760. The largest absolute Gasteiger partial charge is 0.364 e. The van der Waals surface area contributed by atoms with Crippen molar-refractivity contribution in [3.05, 3.63) is 24.0 Å². The van der Waals surface area contributed by atoms with Crippen molar-refractivity contribution >= 4 is 0 Å². The summed E-state index contributed by atoms with van der Waals surface area (Å²) in [5.41, 5.74) is 7.52. The van der Waals surface area contributed by atoms with E-state index in [1.807, 2.05) is 6.20 Å². The van der Waals surface area contributed by atoms with Crippen LogP contribution in [0.1, 0.15) is 37.8 Å². The van der Waals surface area contributed by atoms with Crippen molar-refractivity contribution in [2.45, 2.75) is 37.5 Å². The summed E-state index contributed by atoms with van der Waals surface area (Å²) in [6.45, 7) is 0.785. The Morgan fingerprint density at radius 2 is 2.08 bits per heavy atom. The van der Waals surface area contributed by atoms with E-state index in [4.69, 9.17) is 5.73 Å². The van der Waals surface area contributed by atoms with Gasteiger partial charge in [-0.05, 0) is 25.0 Å². The quantitative estimate of drug-likeness (QED) is 0.716. The lowest BCUT2D eigenvalue weighted by molar-refractivity contribution is 0.295. The van der Waals surface area contributed by atoms with Crippen LogP contribution in [0, 0.1) is 0 Å². The van der Waals surface area contributed by atoms with Crippen LogP contribution < -0.4 is 5.73 Å². The first kappa shape index (κ1) is 8.82. The van der Waals surface area contributed by atoms with E-state index >= 15 is 0 Å². The molecule has 0 unspecified atom stereocenters. The molecule has 2 rings (SSSR count). The molecule has 0 amide bonds. The van der Waals surface area contributed by atoms with E-state index in [2.05, 4.69) is 17.1 Å². The summed E-state index contributed by atoms with van der Waals surface area (Å²) >= 11 is 0. The van der Waals surface area contributed by atoms with Crippen LogP contribution in [-0.4, -0.2) is 11.5 Å². The maximum absolute atomic E-state index is 5.91. The average molecular weight is 178 g/mol. The van der Waals surface area contributed by atoms with E-state index in [0.717, 1.165) is 6.54 Å². The lowest BCUT2D eigenvalue weighted by Gasteiger charge is -2.35. The molecular formula is C11H18N2. The molecule has 1 aromatic heterocycles. The monoisotopic (exact) mass is 178 g/mol. The SMILES string of the molecule is NCC1(c2ccc[nH]2)CCCCC1.